The predicted octanol–water partition coefficient (Wildman–Crippen LogP) is 2.00. The molecule has 0 radical (unpaired) electrons. The number of amides is 2. The molecule has 2 rings (SSSR count). The highest BCUT2D eigenvalue weighted by Crippen LogP contribution is 2.19. The lowest BCUT2D eigenvalue weighted by Gasteiger charge is -2.07. The Hall–Kier alpha value is -2.15. The number of nitrogens with zero attached hydrogens (tertiary/aromatic N) is 2. The molecule has 0 aliphatic carbocycles. The molecule has 110 valence electrons. The van der Waals surface area contributed by atoms with Crippen molar-refractivity contribution in [2.45, 2.75) is 20.4 Å². The number of anilines is 1. The van der Waals surface area contributed by atoms with Gasteiger partial charge in [0.15, 0.2) is 0 Å². The van der Waals surface area contributed by atoms with E-state index in [4.69, 9.17) is 5.73 Å². The van der Waals surface area contributed by atoms with E-state index in [1.54, 1.807) is 28.9 Å². The van der Waals surface area contributed by atoms with Crippen LogP contribution in [-0.2, 0) is 11.3 Å². The van der Waals surface area contributed by atoms with Gasteiger partial charge in [0.25, 0.3) is 0 Å². The van der Waals surface area contributed by atoms with Crippen molar-refractivity contribution in [3.05, 3.63) is 45.7 Å². The van der Waals surface area contributed by atoms with Gasteiger partial charge in [0, 0.05) is 11.3 Å². The van der Waals surface area contributed by atoms with Gasteiger partial charge in [-0.05, 0) is 54.0 Å². The van der Waals surface area contributed by atoms with Gasteiger partial charge in [-0.25, -0.2) is 0 Å². The van der Waals surface area contributed by atoms with Crippen LogP contribution in [0, 0.1) is 13.8 Å². The highest BCUT2D eigenvalue weighted by Gasteiger charge is 2.12. The Balaban J connectivity index is 2.04. The monoisotopic (exact) mass is 350 g/mol. The minimum Gasteiger partial charge on any atom is -0.366 e. The van der Waals surface area contributed by atoms with E-state index in [1.807, 2.05) is 13.8 Å². The van der Waals surface area contributed by atoms with Crippen LogP contribution >= 0.6 is 15.9 Å². The number of aromatic nitrogens is 2. The molecule has 0 fully saturated rings. The smallest absolute Gasteiger partial charge is 0.248 e. The number of hydrogen-bond acceptors (Lipinski definition) is 3. The van der Waals surface area contributed by atoms with E-state index in [-0.39, 0.29) is 12.5 Å². The molecule has 0 saturated carbocycles. The van der Waals surface area contributed by atoms with Crippen LogP contribution in [-0.4, -0.2) is 21.6 Å². The number of hydrogen-bond donors (Lipinski definition) is 2. The fourth-order valence-electron chi connectivity index (χ4n) is 1.88. The molecule has 0 aliphatic rings. The summed E-state index contributed by atoms with van der Waals surface area (Å²) in [6.45, 7) is 3.88. The molecule has 2 aromatic rings. The molecular weight excluding hydrogens is 336 g/mol. The minimum absolute atomic E-state index is 0.121. The number of carbonyl (C=O) groups excluding carboxylic acids is 2. The lowest BCUT2D eigenvalue weighted by Crippen LogP contribution is -2.20. The van der Waals surface area contributed by atoms with Crippen molar-refractivity contribution in [1.29, 1.82) is 0 Å². The third kappa shape index (κ3) is 3.49. The van der Waals surface area contributed by atoms with Crippen LogP contribution in [0.25, 0.3) is 0 Å². The third-order valence-corrected chi connectivity index (χ3v) is 4.19. The van der Waals surface area contributed by atoms with E-state index < -0.39 is 5.91 Å². The quantitative estimate of drug-likeness (QED) is 0.883. The summed E-state index contributed by atoms with van der Waals surface area (Å²) >= 11 is 3.42. The Morgan fingerprint density at radius 2 is 1.90 bits per heavy atom. The number of halogens is 1. The van der Waals surface area contributed by atoms with Crippen molar-refractivity contribution in [3.63, 3.8) is 0 Å². The summed E-state index contributed by atoms with van der Waals surface area (Å²) in [5.41, 5.74) is 7.89. The molecule has 7 heteroatoms. The highest BCUT2D eigenvalue weighted by atomic mass is 79.9. The molecule has 2 amide bonds. The zero-order valence-corrected chi connectivity index (χ0v) is 13.3. The average Bonchev–Trinajstić information content (AvgIpc) is 2.67. The fraction of sp³-hybridized carbons (Fsp3) is 0.214. The number of nitrogens with two attached hydrogens (primary N) is 1. The van der Waals surface area contributed by atoms with E-state index in [0.29, 0.717) is 11.3 Å². The normalized spacial score (nSPS) is 10.4. The second-order valence-electron chi connectivity index (χ2n) is 4.63. The molecule has 21 heavy (non-hydrogen) atoms. The largest absolute Gasteiger partial charge is 0.366 e. The second kappa shape index (κ2) is 6.09. The maximum Gasteiger partial charge on any atom is 0.248 e. The molecule has 0 saturated heterocycles. The van der Waals surface area contributed by atoms with Gasteiger partial charge in [0.1, 0.15) is 6.54 Å². The summed E-state index contributed by atoms with van der Waals surface area (Å²) in [7, 11) is 0. The molecule has 0 atom stereocenters. The number of primary amides is 1. The molecule has 0 unspecified atom stereocenters. The molecule has 1 aromatic carbocycles. The zero-order valence-electron chi connectivity index (χ0n) is 11.7. The van der Waals surface area contributed by atoms with Crippen LogP contribution in [0.4, 0.5) is 5.69 Å². The van der Waals surface area contributed by atoms with Crippen LogP contribution in [0.5, 0.6) is 0 Å². The van der Waals surface area contributed by atoms with Crippen LogP contribution in [0.15, 0.2) is 28.7 Å². The topological polar surface area (TPSA) is 90.0 Å². The maximum absolute atomic E-state index is 12.0. The summed E-state index contributed by atoms with van der Waals surface area (Å²) < 4.78 is 2.54. The van der Waals surface area contributed by atoms with Crippen LogP contribution < -0.4 is 11.1 Å². The molecule has 3 N–H and O–H groups in total. The first-order valence-corrected chi connectivity index (χ1v) is 7.07. The highest BCUT2D eigenvalue weighted by molar-refractivity contribution is 9.10. The van der Waals surface area contributed by atoms with Crippen molar-refractivity contribution >= 4 is 33.4 Å². The van der Waals surface area contributed by atoms with E-state index in [1.165, 1.54) is 0 Å². The van der Waals surface area contributed by atoms with Crippen LogP contribution in [0.3, 0.4) is 0 Å². The molecule has 1 aromatic heterocycles. The van der Waals surface area contributed by atoms with Crippen molar-refractivity contribution in [1.82, 2.24) is 9.78 Å². The van der Waals surface area contributed by atoms with E-state index in [0.717, 1.165) is 15.9 Å². The van der Waals surface area contributed by atoms with Gasteiger partial charge in [0.05, 0.1) is 15.9 Å². The first-order chi connectivity index (χ1) is 9.88. The van der Waals surface area contributed by atoms with Crippen LogP contribution in [0.1, 0.15) is 21.7 Å². The Kier molecular flexibility index (Phi) is 4.42. The lowest BCUT2D eigenvalue weighted by atomic mass is 10.2. The van der Waals surface area contributed by atoms with Crippen molar-refractivity contribution in [3.8, 4) is 0 Å². The zero-order chi connectivity index (χ0) is 15.6. The number of nitrogens with one attached hydrogen (secondary N) is 1. The number of rotatable bonds is 4. The Morgan fingerprint density at radius 1 is 1.29 bits per heavy atom. The van der Waals surface area contributed by atoms with Gasteiger partial charge in [-0.1, -0.05) is 0 Å². The van der Waals surface area contributed by atoms with Gasteiger partial charge < -0.3 is 11.1 Å². The van der Waals surface area contributed by atoms with Gasteiger partial charge in [0.2, 0.25) is 11.8 Å². The molecule has 0 aliphatic heterocycles. The van der Waals surface area contributed by atoms with E-state index in [2.05, 4.69) is 26.3 Å². The first kappa shape index (κ1) is 15.2. The fourth-order valence-corrected chi connectivity index (χ4v) is 2.17. The number of benzene rings is 1. The van der Waals surface area contributed by atoms with Gasteiger partial charge in [-0.15, -0.1) is 0 Å². The third-order valence-electron chi connectivity index (χ3n) is 3.04. The SMILES string of the molecule is Cc1nn(CC(=O)Nc2ccc(C(N)=O)cc2)c(C)c1Br. The molecule has 0 bridgehead atoms. The van der Waals surface area contributed by atoms with Crippen molar-refractivity contribution < 1.29 is 9.59 Å². The second-order valence-corrected chi connectivity index (χ2v) is 5.43. The molecule has 6 nitrogen and oxygen atoms in total. The standard InChI is InChI=1S/C14H15BrN4O2/c1-8-13(15)9(2)19(18-8)7-12(20)17-11-5-3-10(4-6-11)14(16)21/h3-6H,7H2,1-2H3,(H2,16,21)(H,17,20). The molecule has 0 spiro atoms. The Morgan fingerprint density at radius 3 is 2.38 bits per heavy atom. The average molecular weight is 351 g/mol. The van der Waals surface area contributed by atoms with Crippen molar-refractivity contribution in [2.75, 3.05) is 5.32 Å². The maximum atomic E-state index is 12.0. The van der Waals surface area contributed by atoms with Gasteiger partial charge >= 0.3 is 0 Å². The summed E-state index contributed by atoms with van der Waals surface area (Å²) in [5, 5.41) is 7.02. The minimum atomic E-state index is -0.500. The number of aryl methyl sites for hydroxylation is 1. The summed E-state index contributed by atoms with van der Waals surface area (Å²) in [5.74, 6) is -0.694. The summed E-state index contributed by atoms with van der Waals surface area (Å²) in [6, 6.07) is 6.40. The number of carbonyl (C=O) groups is 2. The Bertz CT molecular complexity index is 692. The first-order valence-electron chi connectivity index (χ1n) is 6.27. The molecule has 1 heterocycles. The predicted molar refractivity (Wildman–Crippen MR) is 83.0 cm³/mol. The van der Waals surface area contributed by atoms with Crippen LogP contribution in [0.2, 0.25) is 0 Å². The Labute approximate surface area is 130 Å². The van der Waals surface area contributed by atoms with E-state index in [9.17, 15) is 9.59 Å². The van der Waals surface area contributed by atoms with E-state index >= 15 is 0 Å². The van der Waals surface area contributed by atoms with Gasteiger partial charge in [-0.3, -0.25) is 14.3 Å². The lowest BCUT2D eigenvalue weighted by molar-refractivity contribution is -0.116. The van der Waals surface area contributed by atoms with Gasteiger partial charge in [-0.2, -0.15) is 5.10 Å². The molecular formula is C14H15BrN4O2. The summed E-state index contributed by atoms with van der Waals surface area (Å²) in [6.07, 6.45) is 0. The van der Waals surface area contributed by atoms with Crippen molar-refractivity contribution in [2.24, 2.45) is 5.73 Å². The summed E-state index contributed by atoms with van der Waals surface area (Å²) in [4.78, 5) is 23.0.